The second-order valence-electron chi connectivity index (χ2n) is 13.4. The molecule has 0 saturated carbocycles. The molecule has 4 heterocycles. The molecule has 2 N–H and O–H groups in total. The number of nitrogens with zero attached hydrogens (tertiary/aromatic N) is 3. The first-order valence-corrected chi connectivity index (χ1v) is 19.2. The number of ether oxygens (including phenoxy) is 3. The van der Waals surface area contributed by atoms with Crippen LogP contribution in [0.2, 0.25) is 0 Å². The molecule has 54 heavy (non-hydrogen) atoms. The first-order valence-electron chi connectivity index (χ1n) is 17.8. The zero-order chi connectivity index (χ0) is 37.9. The number of benzene rings is 3. The van der Waals surface area contributed by atoms with E-state index in [1.54, 1.807) is 35.2 Å². The Morgan fingerprint density at radius 3 is 2.44 bits per heavy atom. The number of aliphatic hydroxyl groups excluding tert-OH is 1. The number of nitrogens with one attached hydrogen (secondary N) is 1. The normalized spacial score (nSPS) is 19.8. The van der Waals surface area contributed by atoms with Gasteiger partial charge in [0.2, 0.25) is 22.2 Å². The van der Waals surface area contributed by atoms with Crippen LogP contribution in [0, 0.1) is 0 Å². The molecule has 284 valence electrons. The molecule has 0 radical (unpaired) electrons. The summed E-state index contributed by atoms with van der Waals surface area (Å²) < 4.78 is 51.2. The Bertz CT molecular complexity index is 2180. The largest absolute Gasteiger partial charge is 0.497 e. The number of carbonyl (C=O) groups excluding carboxylic acids is 2. The maximum absolute atomic E-state index is 14.1. The maximum Gasteiger partial charge on any atom is 0.288 e. The lowest BCUT2D eigenvalue weighted by atomic mass is 9.85. The van der Waals surface area contributed by atoms with E-state index in [1.807, 2.05) is 30.3 Å². The highest BCUT2D eigenvalue weighted by atomic mass is 32.2. The molecule has 2 atom stereocenters. The van der Waals surface area contributed by atoms with E-state index in [-0.39, 0.29) is 61.2 Å². The van der Waals surface area contributed by atoms with Crippen molar-refractivity contribution in [1.82, 2.24) is 14.5 Å². The molecule has 2 amide bonds. The highest BCUT2D eigenvalue weighted by Crippen LogP contribution is 2.38. The van der Waals surface area contributed by atoms with Crippen molar-refractivity contribution in [2.24, 2.45) is 0 Å². The number of carbonyl (C=O) groups is 2. The molecule has 2 fully saturated rings. The molecule has 4 aromatic rings. The Morgan fingerprint density at radius 1 is 1.00 bits per heavy atom. The number of piperidine rings is 1. The van der Waals surface area contributed by atoms with E-state index >= 15 is 0 Å². The number of aliphatic hydroxyl groups is 1. The second kappa shape index (κ2) is 15.6. The number of hydrogen-bond acceptors (Lipinski definition) is 11. The van der Waals surface area contributed by atoms with Crippen molar-refractivity contribution in [3.05, 3.63) is 113 Å². The van der Waals surface area contributed by atoms with Crippen LogP contribution in [0.4, 0.5) is 5.69 Å². The number of methoxy groups -OCH3 is 1. The minimum Gasteiger partial charge on any atom is -0.497 e. The van der Waals surface area contributed by atoms with E-state index in [2.05, 4.69) is 10.2 Å². The van der Waals surface area contributed by atoms with Gasteiger partial charge in [0.15, 0.2) is 11.2 Å². The predicted octanol–water partition coefficient (Wildman–Crippen LogP) is 3.17. The van der Waals surface area contributed by atoms with Crippen molar-refractivity contribution in [3.8, 4) is 5.75 Å². The first-order chi connectivity index (χ1) is 26.1. The molecule has 0 unspecified atom stereocenters. The number of amides is 2. The van der Waals surface area contributed by atoms with Gasteiger partial charge in [-0.3, -0.25) is 14.4 Å². The van der Waals surface area contributed by atoms with Gasteiger partial charge in [-0.05, 0) is 67.4 Å². The van der Waals surface area contributed by atoms with Crippen LogP contribution in [0.3, 0.4) is 0 Å². The lowest BCUT2D eigenvalue weighted by Gasteiger charge is -2.43. The standard InChI is InChI=1S/C39H42N4O10S/c1-50-29-11-13-30(14-12-29)54(48,49)42(19-21-44)20-22-51-35-24-27(32-25-52-33-10-6-5-9-31(33)36(32)45)23-34(53-35)37(46)41-17-15-39(16-18-41)38(47)40-26-43(39)28-7-3-2-4-8-28/h2-14,23,25,27,35,44H,15-22,24,26H2,1H3,(H,40,47)/t27-,35+/m1/s1. The molecule has 7 rings (SSSR count). The minimum absolute atomic E-state index is 0.0198. The molecule has 14 nitrogen and oxygen atoms in total. The van der Waals surface area contributed by atoms with Crippen LogP contribution in [-0.4, -0.2) is 99.5 Å². The van der Waals surface area contributed by atoms with Gasteiger partial charge in [-0.1, -0.05) is 30.3 Å². The van der Waals surface area contributed by atoms with Crippen LogP contribution in [0.25, 0.3) is 11.0 Å². The van der Waals surface area contributed by atoms with Crippen LogP contribution in [0.15, 0.2) is 111 Å². The quantitative estimate of drug-likeness (QED) is 0.218. The zero-order valence-corrected chi connectivity index (χ0v) is 30.6. The summed E-state index contributed by atoms with van der Waals surface area (Å²) in [5.41, 5.74) is 0.610. The zero-order valence-electron chi connectivity index (χ0n) is 29.8. The smallest absolute Gasteiger partial charge is 0.288 e. The second-order valence-corrected chi connectivity index (χ2v) is 15.3. The van der Waals surface area contributed by atoms with Gasteiger partial charge >= 0.3 is 0 Å². The van der Waals surface area contributed by atoms with E-state index in [4.69, 9.17) is 18.6 Å². The van der Waals surface area contributed by atoms with Gasteiger partial charge in [-0.2, -0.15) is 4.31 Å². The third-order valence-corrected chi connectivity index (χ3v) is 12.3. The lowest BCUT2D eigenvalue weighted by Crippen LogP contribution is -2.57. The fourth-order valence-corrected chi connectivity index (χ4v) is 8.81. The van der Waals surface area contributed by atoms with E-state index in [9.17, 15) is 27.9 Å². The Morgan fingerprint density at radius 2 is 1.72 bits per heavy atom. The number of allylic oxidation sites excluding steroid dienone is 1. The van der Waals surface area contributed by atoms with Gasteiger partial charge in [-0.15, -0.1) is 0 Å². The Hall–Kier alpha value is -5.22. The molecule has 2 saturated heterocycles. The molecule has 3 aromatic carbocycles. The number of para-hydroxylation sites is 2. The molecular weight excluding hydrogens is 717 g/mol. The fourth-order valence-electron chi connectivity index (χ4n) is 7.39. The van der Waals surface area contributed by atoms with Gasteiger partial charge < -0.3 is 38.9 Å². The molecule has 3 aliphatic heterocycles. The average molecular weight is 759 g/mol. The maximum atomic E-state index is 14.1. The van der Waals surface area contributed by atoms with Gasteiger partial charge in [0.25, 0.3) is 5.91 Å². The number of fused-ring (bicyclic) bond motifs is 1. The summed E-state index contributed by atoms with van der Waals surface area (Å²) >= 11 is 0. The highest BCUT2D eigenvalue weighted by molar-refractivity contribution is 7.89. The van der Waals surface area contributed by atoms with Crippen LogP contribution < -0.4 is 20.4 Å². The van der Waals surface area contributed by atoms with Crippen molar-refractivity contribution in [2.45, 2.75) is 41.9 Å². The molecule has 15 heteroatoms. The van der Waals surface area contributed by atoms with Crippen molar-refractivity contribution >= 4 is 38.5 Å². The molecule has 1 aromatic heterocycles. The van der Waals surface area contributed by atoms with E-state index in [0.29, 0.717) is 41.8 Å². The van der Waals surface area contributed by atoms with Crippen molar-refractivity contribution in [2.75, 3.05) is 58.1 Å². The predicted molar refractivity (Wildman–Crippen MR) is 198 cm³/mol. The molecule has 0 bridgehead atoms. The summed E-state index contributed by atoms with van der Waals surface area (Å²) in [5.74, 6) is -0.649. The van der Waals surface area contributed by atoms with Crippen LogP contribution in [-0.2, 0) is 29.1 Å². The molecule has 0 aliphatic carbocycles. The molecule has 1 spiro atoms. The Labute approximate surface area is 312 Å². The Balaban J connectivity index is 1.10. The summed E-state index contributed by atoms with van der Waals surface area (Å²) in [6, 6.07) is 22.5. The monoisotopic (exact) mass is 758 g/mol. The lowest BCUT2D eigenvalue weighted by molar-refractivity contribution is -0.154. The third-order valence-electron chi connectivity index (χ3n) is 10.3. The van der Waals surface area contributed by atoms with Crippen LogP contribution in [0.5, 0.6) is 5.75 Å². The van der Waals surface area contributed by atoms with Gasteiger partial charge in [0.1, 0.15) is 16.9 Å². The highest BCUT2D eigenvalue weighted by Gasteiger charge is 2.51. The van der Waals surface area contributed by atoms with Crippen LogP contribution in [0.1, 0.15) is 30.7 Å². The number of sulfonamides is 1. The third kappa shape index (κ3) is 7.19. The summed E-state index contributed by atoms with van der Waals surface area (Å²) in [4.78, 5) is 44.8. The van der Waals surface area contributed by atoms with Crippen molar-refractivity contribution < 1.29 is 41.7 Å². The minimum atomic E-state index is -4.01. The summed E-state index contributed by atoms with van der Waals surface area (Å²) in [5, 5.41) is 13.1. The van der Waals surface area contributed by atoms with Gasteiger partial charge in [-0.25, -0.2) is 8.42 Å². The summed E-state index contributed by atoms with van der Waals surface area (Å²) in [6.07, 6.45) is 2.90. The average Bonchev–Trinajstić information content (AvgIpc) is 3.51. The number of rotatable bonds is 12. The number of anilines is 1. The summed E-state index contributed by atoms with van der Waals surface area (Å²) in [6.45, 7) is 0.0727. The van der Waals surface area contributed by atoms with Gasteiger partial charge in [0, 0.05) is 49.8 Å². The fraction of sp³-hybridized carbons (Fsp3) is 0.359. The van der Waals surface area contributed by atoms with Crippen LogP contribution >= 0.6 is 0 Å². The molecular formula is C39H42N4O10S. The number of likely N-dealkylation sites (tertiary alicyclic amines) is 1. The van der Waals surface area contributed by atoms with E-state index < -0.39 is 40.3 Å². The Kier molecular flexibility index (Phi) is 10.7. The topological polar surface area (TPSA) is 168 Å². The first kappa shape index (κ1) is 37.1. The SMILES string of the molecule is COc1ccc(S(=O)(=O)N(CCO)CCO[C@@H]2C[C@H](c3coc4ccccc4c3=O)C=C(C(=O)N3CCC4(CC3)C(=O)NCN4c3ccccc3)O2)cc1. The summed E-state index contributed by atoms with van der Waals surface area (Å²) in [7, 11) is -2.53. The number of hydrogen-bond donors (Lipinski definition) is 2. The van der Waals surface area contributed by atoms with Crippen molar-refractivity contribution in [1.29, 1.82) is 0 Å². The molecule has 3 aliphatic rings. The van der Waals surface area contributed by atoms with Gasteiger partial charge in [0.05, 0.1) is 43.5 Å². The van der Waals surface area contributed by atoms with Crippen molar-refractivity contribution in [3.63, 3.8) is 0 Å². The van der Waals surface area contributed by atoms with E-state index in [0.717, 1.165) is 9.99 Å². The van der Waals surface area contributed by atoms with E-state index in [1.165, 1.54) is 37.6 Å².